The van der Waals surface area contributed by atoms with E-state index in [0.29, 0.717) is 38.6 Å². The molecular weight excluding hydrogens is 444 g/mol. The highest BCUT2D eigenvalue weighted by molar-refractivity contribution is 5.89. The molecule has 5 rings (SSSR count). The number of ether oxygens (including phenoxy) is 1. The summed E-state index contributed by atoms with van der Waals surface area (Å²) < 4.78 is 5.69. The number of likely N-dealkylation sites (tertiary alicyclic amines) is 1. The third kappa shape index (κ3) is 3.97. The summed E-state index contributed by atoms with van der Waals surface area (Å²) >= 11 is 0. The van der Waals surface area contributed by atoms with Crippen molar-refractivity contribution >= 4 is 18.0 Å². The molecule has 0 radical (unpaired) electrons. The molecule has 1 unspecified atom stereocenters. The van der Waals surface area contributed by atoms with Crippen molar-refractivity contribution in [2.24, 2.45) is 5.92 Å². The summed E-state index contributed by atoms with van der Waals surface area (Å²) in [5.41, 5.74) is 3.50. The first-order valence-corrected chi connectivity index (χ1v) is 12.6. The van der Waals surface area contributed by atoms with Gasteiger partial charge in [-0.15, -0.1) is 0 Å². The van der Waals surface area contributed by atoms with Crippen LogP contribution in [0.5, 0.6) is 0 Å². The molecule has 1 saturated carbocycles. The molecule has 1 heterocycles. The van der Waals surface area contributed by atoms with Gasteiger partial charge in [-0.2, -0.15) is 0 Å². The highest BCUT2D eigenvalue weighted by Crippen LogP contribution is 2.44. The fourth-order valence-electron chi connectivity index (χ4n) is 6.36. The zero-order valence-electron chi connectivity index (χ0n) is 20.0. The van der Waals surface area contributed by atoms with E-state index in [1.54, 1.807) is 4.90 Å². The van der Waals surface area contributed by atoms with Gasteiger partial charge in [-0.25, -0.2) is 9.59 Å². The van der Waals surface area contributed by atoms with E-state index in [1.165, 1.54) is 11.1 Å². The molecule has 2 fully saturated rings. The number of nitrogens with one attached hydrogen (secondary N) is 1. The maximum absolute atomic E-state index is 13.4. The summed E-state index contributed by atoms with van der Waals surface area (Å²) in [7, 11) is 0. The molecule has 2 N–H and O–H groups in total. The lowest BCUT2D eigenvalue weighted by Crippen LogP contribution is -2.56. The zero-order chi connectivity index (χ0) is 24.6. The Hall–Kier alpha value is -3.35. The number of carbonyl (C=O) groups is 3. The number of aliphatic carboxylic acids is 1. The summed E-state index contributed by atoms with van der Waals surface area (Å²) in [6.07, 6.45) is 3.14. The van der Waals surface area contributed by atoms with Gasteiger partial charge >= 0.3 is 12.1 Å². The third-order valence-corrected chi connectivity index (χ3v) is 8.22. The summed E-state index contributed by atoms with van der Waals surface area (Å²) in [5, 5.41) is 12.8. The summed E-state index contributed by atoms with van der Waals surface area (Å²) in [6, 6.07) is 16.0. The Balaban J connectivity index is 1.24. The number of benzene rings is 2. The SMILES string of the molecule is CCC1(C(=O)O)CCCN1C(=O)[C@@H]1CCC[C@@H]1NC(=O)OCC1c2ccccc2-c2ccccc21. The van der Waals surface area contributed by atoms with Gasteiger partial charge in [0, 0.05) is 18.5 Å². The number of fused-ring (bicyclic) bond motifs is 3. The summed E-state index contributed by atoms with van der Waals surface area (Å²) in [6.45, 7) is 2.49. The maximum atomic E-state index is 13.4. The highest BCUT2D eigenvalue weighted by Gasteiger charge is 2.51. The van der Waals surface area contributed by atoms with Gasteiger partial charge in [0.1, 0.15) is 12.1 Å². The Kier molecular flexibility index (Phi) is 6.26. The number of carbonyl (C=O) groups excluding carboxylic acids is 2. The molecule has 2 aromatic carbocycles. The fourth-order valence-corrected chi connectivity index (χ4v) is 6.36. The van der Waals surface area contributed by atoms with Crippen LogP contribution in [0.2, 0.25) is 0 Å². The Bertz CT molecular complexity index is 1100. The fraction of sp³-hybridized carbons (Fsp3) is 0.464. The van der Waals surface area contributed by atoms with Gasteiger partial charge in [0.05, 0.1) is 5.92 Å². The standard InChI is InChI=1S/C28H32N2O5/c1-2-28(26(32)33)15-8-16-30(28)25(31)22-13-7-14-24(22)29-27(34)35-17-23-20-11-5-3-9-18(20)19-10-4-6-12-21(19)23/h3-6,9-12,22-24H,2,7-8,13-17H2,1H3,(H,29,34)(H,32,33)/t22-,24+,28?/m1/s1. The van der Waals surface area contributed by atoms with Crippen LogP contribution in [-0.2, 0) is 14.3 Å². The van der Waals surface area contributed by atoms with Crippen LogP contribution in [0.25, 0.3) is 11.1 Å². The molecule has 3 aliphatic rings. The van der Waals surface area contributed by atoms with Crippen LogP contribution in [-0.4, -0.2) is 52.7 Å². The van der Waals surface area contributed by atoms with Crippen molar-refractivity contribution in [1.29, 1.82) is 0 Å². The highest BCUT2D eigenvalue weighted by atomic mass is 16.5. The molecule has 35 heavy (non-hydrogen) atoms. The van der Waals surface area contributed by atoms with Gasteiger partial charge in [-0.3, -0.25) is 4.79 Å². The number of alkyl carbamates (subject to hydrolysis) is 1. The van der Waals surface area contributed by atoms with E-state index in [2.05, 4.69) is 29.6 Å². The number of carboxylic acid groups (broad SMARTS) is 1. The molecule has 7 heteroatoms. The molecule has 0 bridgehead atoms. The van der Waals surface area contributed by atoms with E-state index in [9.17, 15) is 19.5 Å². The van der Waals surface area contributed by atoms with Crippen LogP contribution in [0.15, 0.2) is 48.5 Å². The average Bonchev–Trinajstić information content (AvgIpc) is 3.59. The normalized spacial score (nSPS) is 25.2. The first kappa shape index (κ1) is 23.4. The van der Waals surface area contributed by atoms with Crippen molar-refractivity contribution in [1.82, 2.24) is 10.2 Å². The maximum Gasteiger partial charge on any atom is 0.407 e. The zero-order valence-corrected chi connectivity index (χ0v) is 20.0. The minimum absolute atomic E-state index is 0.0282. The average molecular weight is 477 g/mol. The first-order valence-electron chi connectivity index (χ1n) is 12.6. The second-order valence-electron chi connectivity index (χ2n) is 9.90. The van der Waals surface area contributed by atoms with Crippen LogP contribution in [0.1, 0.15) is 62.5 Å². The van der Waals surface area contributed by atoms with E-state index in [-0.39, 0.29) is 24.5 Å². The van der Waals surface area contributed by atoms with Crippen LogP contribution >= 0.6 is 0 Å². The van der Waals surface area contributed by atoms with Crippen molar-refractivity contribution < 1.29 is 24.2 Å². The van der Waals surface area contributed by atoms with Crippen LogP contribution in [0.4, 0.5) is 4.79 Å². The van der Waals surface area contributed by atoms with Crippen molar-refractivity contribution in [3.8, 4) is 11.1 Å². The third-order valence-electron chi connectivity index (χ3n) is 8.22. The second kappa shape index (κ2) is 9.36. The van der Waals surface area contributed by atoms with Gasteiger partial charge in [-0.1, -0.05) is 61.9 Å². The molecule has 2 aliphatic carbocycles. The van der Waals surface area contributed by atoms with Crippen LogP contribution in [0.3, 0.4) is 0 Å². The minimum Gasteiger partial charge on any atom is -0.479 e. The Morgan fingerprint density at radius 2 is 1.69 bits per heavy atom. The quantitative estimate of drug-likeness (QED) is 0.638. The van der Waals surface area contributed by atoms with Crippen molar-refractivity contribution in [3.05, 3.63) is 59.7 Å². The van der Waals surface area contributed by atoms with E-state index in [4.69, 9.17) is 4.74 Å². The topological polar surface area (TPSA) is 95.9 Å². The number of hydrogen-bond acceptors (Lipinski definition) is 4. The van der Waals surface area contributed by atoms with Gasteiger partial charge < -0.3 is 20.1 Å². The predicted molar refractivity (Wildman–Crippen MR) is 131 cm³/mol. The van der Waals surface area contributed by atoms with Crippen molar-refractivity contribution in [3.63, 3.8) is 0 Å². The van der Waals surface area contributed by atoms with E-state index in [0.717, 1.165) is 17.5 Å². The molecule has 1 saturated heterocycles. The molecule has 184 valence electrons. The second-order valence-corrected chi connectivity index (χ2v) is 9.90. The van der Waals surface area contributed by atoms with Gasteiger partial charge in [0.25, 0.3) is 0 Å². The summed E-state index contributed by atoms with van der Waals surface area (Å²) in [4.78, 5) is 39.8. The predicted octanol–water partition coefficient (Wildman–Crippen LogP) is 4.55. The molecule has 3 atom stereocenters. The lowest BCUT2D eigenvalue weighted by molar-refractivity contribution is -0.158. The van der Waals surface area contributed by atoms with Crippen LogP contribution in [0, 0.1) is 5.92 Å². The number of carboxylic acids is 1. The van der Waals surface area contributed by atoms with Crippen molar-refractivity contribution in [2.75, 3.05) is 13.2 Å². The molecule has 2 amide bonds. The van der Waals surface area contributed by atoms with Gasteiger partial charge in [-0.05, 0) is 54.4 Å². The van der Waals surface area contributed by atoms with E-state index >= 15 is 0 Å². The Morgan fingerprint density at radius 1 is 1.03 bits per heavy atom. The molecule has 1 aliphatic heterocycles. The molecular formula is C28H32N2O5. The van der Waals surface area contributed by atoms with Crippen LogP contribution < -0.4 is 5.32 Å². The van der Waals surface area contributed by atoms with Crippen molar-refractivity contribution in [2.45, 2.75) is 62.9 Å². The first-order chi connectivity index (χ1) is 17.0. The molecule has 7 nitrogen and oxygen atoms in total. The lowest BCUT2D eigenvalue weighted by Gasteiger charge is -2.36. The largest absolute Gasteiger partial charge is 0.479 e. The Labute approximate surface area is 205 Å². The minimum atomic E-state index is -1.13. The molecule has 0 spiro atoms. The molecule has 0 aromatic heterocycles. The number of hydrogen-bond donors (Lipinski definition) is 2. The van der Waals surface area contributed by atoms with Gasteiger partial charge in [0.15, 0.2) is 0 Å². The number of nitrogens with zero attached hydrogens (tertiary/aromatic N) is 1. The van der Waals surface area contributed by atoms with E-state index < -0.39 is 23.5 Å². The van der Waals surface area contributed by atoms with Gasteiger partial charge in [0.2, 0.25) is 5.91 Å². The summed E-state index contributed by atoms with van der Waals surface area (Å²) in [5.74, 6) is -1.54. The number of amides is 2. The van der Waals surface area contributed by atoms with E-state index in [1.807, 2.05) is 31.2 Å². The number of rotatable bonds is 6. The smallest absolute Gasteiger partial charge is 0.407 e. The monoisotopic (exact) mass is 476 g/mol. The molecule has 2 aromatic rings. The Morgan fingerprint density at radius 3 is 2.31 bits per heavy atom. The lowest BCUT2D eigenvalue weighted by atomic mass is 9.91.